The smallest absolute Gasteiger partial charge is 0.303 e. The summed E-state index contributed by atoms with van der Waals surface area (Å²) in [4.78, 5) is 39.5. The van der Waals surface area contributed by atoms with Gasteiger partial charge in [0.25, 0.3) is 0 Å². The van der Waals surface area contributed by atoms with Gasteiger partial charge in [-0.2, -0.15) is 0 Å². The van der Waals surface area contributed by atoms with Crippen molar-refractivity contribution in [3.05, 3.63) is 167 Å². The van der Waals surface area contributed by atoms with E-state index in [2.05, 4.69) is 0 Å². The Bertz CT molecular complexity index is 2210. The van der Waals surface area contributed by atoms with Crippen LogP contribution in [0.25, 0.3) is 0 Å². The summed E-state index contributed by atoms with van der Waals surface area (Å²) in [6, 6.07) is 37.6. The van der Waals surface area contributed by atoms with E-state index in [1.54, 1.807) is 41.3 Å². The average Bonchev–Trinajstić information content (AvgIpc) is 3.26. The first-order valence-corrected chi connectivity index (χ1v) is 20.4. The minimum Gasteiger partial charge on any atom is -0.488 e. The molecule has 1 saturated heterocycles. The lowest BCUT2D eigenvalue weighted by Crippen LogP contribution is -2.58. The second-order valence-electron chi connectivity index (χ2n) is 15.5. The molecule has 1 amide bonds. The van der Waals surface area contributed by atoms with Gasteiger partial charge < -0.3 is 33.7 Å². The van der Waals surface area contributed by atoms with E-state index in [0.29, 0.717) is 29.8 Å². The molecule has 318 valence electrons. The molecule has 0 radical (unpaired) electrons. The first-order chi connectivity index (χ1) is 29.5. The molecule has 8 atom stereocenters. The number of ether oxygens (including phenoxy) is 5. The van der Waals surface area contributed by atoms with Crippen molar-refractivity contribution in [3.63, 3.8) is 0 Å². The second kappa shape index (κ2) is 20.1. The van der Waals surface area contributed by atoms with Gasteiger partial charge in [0, 0.05) is 25.5 Å². The Labute approximate surface area is 354 Å². The molecule has 2 aliphatic rings. The fraction of sp³-hybridized carbons (Fsp3) is 0.327. The standard InChI is InChI=1S/C49H49F2NO9/c1-31(53)57-30-37-27-44(47(58-28-33-9-5-3-6-10-33)48(46(37)55)59-29-34-11-7-4-8-12-34)61-41-23-15-36(16-24-41)45-42(49(56)52(45)40-21-19-39(51)20-22-40)25-26-43(60-32(2)54)35-13-17-38(50)18-14-35/h3-24,37,42-48,55H,25-30H2,1-2H3/t37-,42-,43+,44-,45-,46-,47+,48+/m1/s1. The molecule has 5 aromatic rings. The Hall–Kier alpha value is -5.95. The molecule has 1 heterocycles. The SMILES string of the molecule is CC(=O)OC[C@H]1C[C@@H](Oc2ccc([C@@H]3[C@@H](CC[C@H](OC(C)=O)c4ccc(F)cc4)C(=O)N3c3ccc(F)cc3)cc2)[C@H](OCc2ccccc2)[C@@H](OCc2ccccc2)[C@@H]1O. The van der Waals surface area contributed by atoms with Gasteiger partial charge in [-0.1, -0.05) is 84.9 Å². The number of β-lactam (4-membered cyclic amide) rings is 1. The predicted octanol–water partition coefficient (Wildman–Crippen LogP) is 8.62. The van der Waals surface area contributed by atoms with Gasteiger partial charge in [-0.25, -0.2) is 8.78 Å². The largest absolute Gasteiger partial charge is 0.488 e. The van der Waals surface area contributed by atoms with E-state index < -0.39 is 72.0 Å². The van der Waals surface area contributed by atoms with Gasteiger partial charge in [-0.15, -0.1) is 0 Å². The monoisotopic (exact) mass is 833 g/mol. The van der Waals surface area contributed by atoms with E-state index in [0.717, 1.165) is 16.7 Å². The molecule has 1 aliphatic heterocycles. The van der Waals surface area contributed by atoms with Crippen molar-refractivity contribution in [2.24, 2.45) is 11.8 Å². The number of hydrogen-bond donors (Lipinski definition) is 1. The van der Waals surface area contributed by atoms with Crippen LogP contribution in [0.4, 0.5) is 14.5 Å². The Morgan fingerprint density at radius 3 is 1.89 bits per heavy atom. The summed E-state index contributed by atoms with van der Waals surface area (Å²) >= 11 is 0. The Kier molecular flexibility index (Phi) is 14.2. The molecular weight excluding hydrogens is 785 g/mol. The van der Waals surface area contributed by atoms with Gasteiger partial charge >= 0.3 is 11.9 Å². The molecule has 0 spiro atoms. The van der Waals surface area contributed by atoms with Gasteiger partial charge in [0.2, 0.25) is 5.91 Å². The van der Waals surface area contributed by atoms with Crippen LogP contribution in [0.15, 0.2) is 133 Å². The summed E-state index contributed by atoms with van der Waals surface area (Å²) in [6.07, 6.45) is -3.03. The Morgan fingerprint density at radius 1 is 0.738 bits per heavy atom. The number of amides is 1. The van der Waals surface area contributed by atoms with Crippen molar-refractivity contribution in [1.29, 1.82) is 0 Å². The molecule has 0 unspecified atom stereocenters. The minimum absolute atomic E-state index is 0.0400. The number of esters is 2. The number of aliphatic hydroxyl groups excluding tert-OH is 1. The highest BCUT2D eigenvalue weighted by Gasteiger charge is 2.50. The van der Waals surface area contributed by atoms with E-state index in [9.17, 15) is 28.3 Å². The summed E-state index contributed by atoms with van der Waals surface area (Å²) in [7, 11) is 0. The third kappa shape index (κ3) is 10.9. The van der Waals surface area contributed by atoms with E-state index >= 15 is 0 Å². The molecule has 1 aliphatic carbocycles. The number of rotatable bonds is 17. The molecule has 10 nitrogen and oxygen atoms in total. The zero-order chi connectivity index (χ0) is 42.9. The maximum Gasteiger partial charge on any atom is 0.303 e. The molecule has 2 fully saturated rings. The summed E-state index contributed by atoms with van der Waals surface area (Å²) in [5.41, 5.74) is 3.77. The fourth-order valence-corrected chi connectivity index (χ4v) is 8.20. The van der Waals surface area contributed by atoms with Crippen molar-refractivity contribution < 1.29 is 52.0 Å². The maximum absolute atomic E-state index is 14.0. The van der Waals surface area contributed by atoms with E-state index in [1.165, 1.54) is 38.1 Å². The second-order valence-corrected chi connectivity index (χ2v) is 15.5. The number of anilines is 1. The zero-order valence-corrected chi connectivity index (χ0v) is 34.0. The number of hydrogen-bond acceptors (Lipinski definition) is 9. The summed E-state index contributed by atoms with van der Waals surface area (Å²) in [5, 5.41) is 11.7. The van der Waals surface area contributed by atoms with Crippen molar-refractivity contribution in [2.75, 3.05) is 11.5 Å². The van der Waals surface area contributed by atoms with Crippen molar-refractivity contribution in [2.45, 2.75) is 82.9 Å². The lowest BCUT2D eigenvalue weighted by molar-refractivity contribution is -0.205. The van der Waals surface area contributed by atoms with Crippen LogP contribution in [-0.4, -0.2) is 54.0 Å². The first-order valence-electron chi connectivity index (χ1n) is 20.4. The van der Waals surface area contributed by atoms with Crippen molar-refractivity contribution in [1.82, 2.24) is 0 Å². The summed E-state index contributed by atoms with van der Waals surface area (Å²) in [6.45, 7) is 3.01. The highest BCUT2D eigenvalue weighted by atomic mass is 19.1. The topological polar surface area (TPSA) is 121 Å². The minimum atomic E-state index is -1.04. The number of carbonyl (C=O) groups excluding carboxylic acids is 3. The average molecular weight is 834 g/mol. The van der Waals surface area contributed by atoms with Crippen LogP contribution >= 0.6 is 0 Å². The number of halogens is 2. The van der Waals surface area contributed by atoms with Crippen LogP contribution in [0.1, 0.15) is 67.5 Å². The number of nitrogens with zero attached hydrogens (tertiary/aromatic N) is 1. The highest BCUT2D eigenvalue weighted by molar-refractivity contribution is 6.03. The van der Waals surface area contributed by atoms with Crippen LogP contribution in [0, 0.1) is 23.5 Å². The third-order valence-electron chi connectivity index (χ3n) is 11.2. The van der Waals surface area contributed by atoms with Gasteiger partial charge in [-0.3, -0.25) is 14.4 Å². The normalized spacial score (nSPS) is 22.8. The molecule has 7 rings (SSSR count). The summed E-state index contributed by atoms with van der Waals surface area (Å²) < 4.78 is 58.5. The first kappa shape index (κ1) is 43.1. The summed E-state index contributed by atoms with van der Waals surface area (Å²) in [5.74, 6) is -2.54. The van der Waals surface area contributed by atoms with Gasteiger partial charge in [0.15, 0.2) is 0 Å². The zero-order valence-electron chi connectivity index (χ0n) is 34.0. The maximum atomic E-state index is 14.0. The van der Waals surface area contributed by atoms with Crippen molar-refractivity contribution >= 4 is 23.5 Å². The fourth-order valence-electron chi connectivity index (χ4n) is 8.20. The van der Waals surface area contributed by atoms with Crippen molar-refractivity contribution in [3.8, 4) is 5.75 Å². The van der Waals surface area contributed by atoms with E-state index in [1.807, 2.05) is 72.8 Å². The molecular formula is C49H49F2NO9. The van der Waals surface area contributed by atoms with Crippen LogP contribution in [0.5, 0.6) is 5.75 Å². The molecule has 12 heteroatoms. The van der Waals surface area contributed by atoms with Crippen LogP contribution in [0.3, 0.4) is 0 Å². The van der Waals surface area contributed by atoms with E-state index in [4.69, 9.17) is 23.7 Å². The molecule has 61 heavy (non-hydrogen) atoms. The number of benzene rings is 5. The molecule has 5 aromatic carbocycles. The van der Waals surface area contributed by atoms with Gasteiger partial charge in [0.05, 0.1) is 37.9 Å². The lowest BCUT2D eigenvalue weighted by Gasteiger charge is -2.48. The molecule has 1 saturated carbocycles. The number of carbonyl (C=O) groups is 3. The van der Waals surface area contributed by atoms with Crippen LogP contribution in [-0.2, 0) is 46.5 Å². The number of aliphatic hydroxyl groups is 1. The van der Waals surface area contributed by atoms with Gasteiger partial charge in [0.1, 0.15) is 41.8 Å². The lowest BCUT2D eigenvalue weighted by atomic mass is 9.78. The Balaban J connectivity index is 1.15. The van der Waals surface area contributed by atoms with Crippen LogP contribution < -0.4 is 9.64 Å². The Morgan fingerprint density at radius 2 is 1.31 bits per heavy atom. The predicted molar refractivity (Wildman–Crippen MR) is 222 cm³/mol. The molecule has 0 bridgehead atoms. The van der Waals surface area contributed by atoms with E-state index in [-0.39, 0.29) is 32.1 Å². The van der Waals surface area contributed by atoms with Crippen LogP contribution in [0.2, 0.25) is 0 Å². The van der Waals surface area contributed by atoms with Gasteiger partial charge in [-0.05, 0) is 90.0 Å². The molecule has 1 N–H and O–H groups in total. The highest BCUT2D eigenvalue weighted by Crippen LogP contribution is 2.47. The third-order valence-corrected chi connectivity index (χ3v) is 11.2. The quantitative estimate of drug-likeness (QED) is 0.0726. The molecule has 0 aromatic heterocycles.